The van der Waals surface area contributed by atoms with Crippen molar-refractivity contribution in [3.63, 3.8) is 0 Å². The Labute approximate surface area is 414 Å². The fourth-order valence-electron chi connectivity index (χ4n) is 7.65. The molecule has 0 amide bonds. The van der Waals surface area contributed by atoms with Gasteiger partial charge in [-0.2, -0.15) is 0 Å². The fraction of sp³-hybridized carbons (Fsp3) is 0.940. The molecule has 0 aliphatic carbocycles. The number of unbranched alkanes of at least 4 members (excludes halogenated alkanes) is 23. The maximum atomic E-state index is 12.2. The molecule has 0 bridgehead atoms. The molecule has 1 aliphatic rings. The molecular weight excluding hydrogens is 780 g/mol. The number of hydrogen-bond acceptors (Lipinski definition) is 9. The Bertz CT molecular complexity index is 924. The summed E-state index contributed by atoms with van der Waals surface area (Å²) >= 11 is 0. The molecule has 60 heavy (non-hydrogen) atoms. The van der Waals surface area contributed by atoms with E-state index in [1.807, 2.05) is 19.0 Å². The molecule has 0 saturated carbocycles. The monoisotopic (exact) mass is 877 g/mol. The van der Waals surface area contributed by atoms with E-state index in [0.717, 1.165) is 103 Å². The minimum absolute atomic E-state index is 0. The molecule has 0 aromatic carbocycles. The van der Waals surface area contributed by atoms with Gasteiger partial charge in [0.15, 0.2) is 0 Å². The number of rotatable bonds is 41. The van der Waals surface area contributed by atoms with Crippen molar-refractivity contribution in [1.29, 1.82) is 0 Å². The number of nitrogens with zero attached hydrogens (tertiary/aromatic N) is 2. The minimum Gasteiger partial charge on any atom is -0.854 e. The predicted octanol–water partition coefficient (Wildman–Crippen LogP) is 8.90. The molecule has 1 fully saturated rings. The smallest absolute Gasteiger partial charge is 0.854 e. The Morgan fingerprint density at radius 1 is 0.583 bits per heavy atom. The zero-order chi connectivity index (χ0) is 43.4. The molecule has 0 N–H and O–H groups in total. The van der Waals surface area contributed by atoms with Crippen LogP contribution >= 0.6 is 0 Å². The molecular formula is C50H97KN2O7. The number of likely N-dealkylation sites (tertiary alicyclic amines) is 1. The minimum atomic E-state index is -0.102. The van der Waals surface area contributed by atoms with Crippen molar-refractivity contribution >= 4 is 17.9 Å². The van der Waals surface area contributed by atoms with Crippen molar-refractivity contribution in [3.05, 3.63) is 0 Å². The Morgan fingerprint density at radius 3 is 1.58 bits per heavy atom. The van der Waals surface area contributed by atoms with Crippen molar-refractivity contribution < 1.29 is 85.1 Å². The molecule has 1 atom stereocenters. The summed E-state index contributed by atoms with van der Waals surface area (Å²) in [6.45, 7) is 10.8. The quantitative estimate of drug-likeness (QED) is 0.0258. The van der Waals surface area contributed by atoms with Crippen molar-refractivity contribution in [2.45, 2.75) is 251 Å². The zero-order valence-corrected chi connectivity index (χ0v) is 43.8. The van der Waals surface area contributed by atoms with E-state index in [-0.39, 0.29) is 88.1 Å². The van der Waals surface area contributed by atoms with Crippen molar-refractivity contribution in [3.8, 4) is 0 Å². The van der Waals surface area contributed by atoms with Crippen molar-refractivity contribution in [2.75, 3.05) is 53.5 Å². The van der Waals surface area contributed by atoms with Crippen LogP contribution in [0, 0.1) is 0 Å². The van der Waals surface area contributed by atoms with Gasteiger partial charge in [0.25, 0.3) is 0 Å². The number of carbonyl (C=O) groups excluding carboxylic acids is 3. The maximum absolute atomic E-state index is 12.2. The molecule has 1 heterocycles. The summed E-state index contributed by atoms with van der Waals surface area (Å²) in [4.78, 5) is 40.2. The van der Waals surface area contributed by atoms with E-state index in [9.17, 15) is 19.5 Å². The van der Waals surface area contributed by atoms with Crippen LogP contribution in [0.25, 0.3) is 0 Å². The van der Waals surface area contributed by atoms with Gasteiger partial charge in [-0.3, -0.25) is 19.3 Å². The van der Waals surface area contributed by atoms with Crippen LogP contribution < -0.4 is 56.5 Å². The van der Waals surface area contributed by atoms with Crippen LogP contribution in [0.4, 0.5) is 0 Å². The van der Waals surface area contributed by atoms with Crippen molar-refractivity contribution in [2.24, 2.45) is 0 Å². The molecule has 1 unspecified atom stereocenters. The van der Waals surface area contributed by atoms with Gasteiger partial charge in [-0.05, 0) is 78.4 Å². The van der Waals surface area contributed by atoms with Gasteiger partial charge in [-0.25, -0.2) is 0 Å². The average Bonchev–Trinajstić information content (AvgIpc) is 3.67. The van der Waals surface area contributed by atoms with Gasteiger partial charge in [-0.1, -0.05) is 162 Å². The summed E-state index contributed by atoms with van der Waals surface area (Å²) in [5.41, 5.74) is 0. The first kappa shape index (κ1) is 62.0. The molecule has 10 heteroatoms. The van der Waals surface area contributed by atoms with E-state index in [2.05, 4.69) is 25.7 Å². The Balaban J connectivity index is 0. The second kappa shape index (κ2) is 48.4. The standard InChI is InChI=1S/C25H48N2O4.C25H49O3.K/c1-4-5-6-7-8-9-10-11-14-21-30-24(28)15-12-13-18-27-20-16-23(22-27)31-25(29)17-19-26(2)3;1-3-5-7-9-12-16-20-24(21-17-13-10-8-6-4-2)28-25(27)22-18-14-11-15-19-23-26;/h23H,4-22H2,1-3H3;24H,3-23H2,1-2H3;/q;-1;+1. The summed E-state index contributed by atoms with van der Waals surface area (Å²) in [7, 11) is 3.91. The number of hydrogen-bond donors (Lipinski definition) is 0. The first-order valence-corrected chi connectivity index (χ1v) is 25.2. The van der Waals surface area contributed by atoms with E-state index < -0.39 is 0 Å². The second-order valence-electron chi connectivity index (χ2n) is 17.7. The van der Waals surface area contributed by atoms with Gasteiger partial charge in [0.05, 0.1) is 13.0 Å². The van der Waals surface area contributed by atoms with Crippen LogP contribution in [0.15, 0.2) is 0 Å². The predicted molar refractivity (Wildman–Crippen MR) is 245 cm³/mol. The SMILES string of the molecule is CCCCCCCCC(CCCCCCCC)OC(=O)CCCCCCC[O-].CCCCCCCCCCCOC(=O)CCCCN1CCC(OC(=O)CCN(C)C)C1.[K+]. The molecule has 1 rings (SSSR count). The van der Waals surface area contributed by atoms with E-state index >= 15 is 0 Å². The van der Waals surface area contributed by atoms with Gasteiger partial charge in [0, 0.05) is 32.5 Å². The third kappa shape index (κ3) is 44.5. The first-order chi connectivity index (χ1) is 28.7. The molecule has 0 radical (unpaired) electrons. The summed E-state index contributed by atoms with van der Waals surface area (Å²) in [5, 5.41) is 10.4. The summed E-state index contributed by atoms with van der Waals surface area (Å²) in [6.07, 6.45) is 38.2. The summed E-state index contributed by atoms with van der Waals surface area (Å²) in [6, 6.07) is 0. The second-order valence-corrected chi connectivity index (χ2v) is 17.7. The van der Waals surface area contributed by atoms with Gasteiger partial charge < -0.3 is 24.2 Å². The Hall–Kier alpha value is -0.0736. The van der Waals surface area contributed by atoms with Crippen LogP contribution in [0.2, 0.25) is 0 Å². The first-order valence-electron chi connectivity index (χ1n) is 25.2. The molecule has 0 aromatic heterocycles. The van der Waals surface area contributed by atoms with Crippen LogP contribution in [0.3, 0.4) is 0 Å². The number of ether oxygens (including phenoxy) is 3. The van der Waals surface area contributed by atoms with Crippen LogP contribution in [0.1, 0.15) is 239 Å². The molecule has 0 spiro atoms. The number of esters is 3. The van der Waals surface area contributed by atoms with E-state index in [0.29, 0.717) is 25.9 Å². The number of carbonyl (C=O) groups is 3. The summed E-state index contributed by atoms with van der Waals surface area (Å²) < 4.78 is 16.8. The molecule has 1 saturated heterocycles. The third-order valence-electron chi connectivity index (χ3n) is 11.5. The van der Waals surface area contributed by atoms with Crippen LogP contribution in [0.5, 0.6) is 0 Å². The van der Waals surface area contributed by atoms with E-state index in [4.69, 9.17) is 14.2 Å². The Morgan fingerprint density at radius 2 is 1.05 bits per heavy atom. The summed E-state index contributed by atoms with van der Waals surface area (Å²) in [5.74, 6) is -0.172. The largest absolute Gasteiger partial charge is 1.00 e. The van der Waals surface area contributed by atoms with Crippen LogP contribution in [-0.4, -0.2) is 93.4 Å². The molecule has 350 valence electrons. The van der Waals surface area contributed by atoms with Crippen LogP contribution in [-0.2, 0) is 28.6 Å². The normalized spacial score (nSPS) is 13.9. The van der Waals surface area contributed by atoms with E-state index in [1.165, 1.54) is 122 Å². The van der Waals surface area contributed by atoms with Gasteiger partial charge >= 0.3 is 69.3 Å². The van der Waals surface area contributed by atoms with E-state index in [1.54, 1.807) is 0 Å². The molecule has 1 aliphatic heterocycles. The van der Waals surface area contributed by atoms with Gasteiger partial charge in [0.2, 0.25) is 0 Å². The molecule has 9 nitrogen and oxygen atoms in total. The zero-order valence-electron chi connectivity index (χ0n) is 40.7. The van der Waals surface area contributed by atoms with Gasteiger partial charge in [-0.15, -0.1) is 6.61 Å². The van der Waals surface area contributed by atoms with Gasteiger partial charge in [0.1, 0.15) is 12.2 Å². The third-order valence-corrected chi connectivity index (χ3v) is 11.5. The molecule has 0 aromatic rings. The maximum Gasteiger partial charge on any atom is 1.00 e. The van der Waals surface area contributed by atoms with Crippen molar-refractivity contribution in [1.82, 2.24) is 9.80 Å². The topological polar surface area (TPSA) is 108 Å². The average molecular weight is 877 g/mol. The fourth-order valence-corrected chi connectivity index (χ4v) is 7.65. The Kier molecular flexibility index (Phi) is 50.0.